The number of nitrogens with one attached hydrogen (secondary N) is 1. The van der Waals surface area contributed by atoms with E-state index >= 15 is 0 Å². The normalized spacial score (nSPS) is 12.9. The van der Waals surface area contributed by atoms with Crippen LogP contribution in [0.4, 0.5) is 10.5 Å². The minimum atomic E-state index is -0.454. The molecule has 0 atom stereocenters. The van der Waals surface area contributed by atoms with Crippen LogP contribution < -0.4 is 10.1 Å². The van der Waals surface area contributed by atoms with Gasteiger partial charge in [-0.3, -0.25) is 0 Å². The highest BCUT2D eigenvalue weighted by molar-refractivity contribution is 5.93. The first kappa shape index (κ1) is 20.4. The third kappa shape index (κ3) is 5.36. The first-order valence-electron chi connectivity index (χ1n) is 9.28. The number of carbonyl (C=O) groups excluding carboxylic acids is 2. The van der Waals surface area contributed by atoms with Gasteiger partial charge in [0, 0.05) is 11.3 Å². The fourth-order valence-electron chi connectivity index (χ4n) is 3.02. The molecule has 0 spiro atoms. The highest BCUT2D eigenvalue weighted by Crippen LogP contribution is 2.25. The zero-order valence-electron chi connectivity index (χ0n) is 16.3. The summed E-state index contributed by atoms with van der Waals surface area (Å²) in [6.45, 7) is 5.83. The molecule has 3 rings (SSSR count). The van der Waals surface area contributed by atoms with Crippen LogP contribution in [0.2, 0.25) is 0 Å². The monoisotopic (exact) mass is 396 g/mol. The molecule has 1 aliphatic rings. The third-order valence-corrected chi connectivity index (χ3v) is 4.43. The SMILES string of the molecule is C=CCOCc1ccc2c(c1)CN(C(=O)Nc1cccc(C(=O)OC)c1)CCO2. The van der Waals surface area contributed by atoms with Crippen molar-refractivity contribution in [1.29, 1.82) is 0 Å². The number of fused-ring (bicyclic) bond motifs is 1. The van der Waals surface area contributed by atoms with Crippen molar-refractivity contribution >= 4 is 17.7 Å². The van der Waals surface area contributed by atoms with Crippen LogP contribution in [-0.2, 0) is 22.6 Å². The molecule has 0 bridgehead atoms. The van der Waals surface area contributed by atoms with Crippen molar-refractivity contribution in [2.45, 2.75) is 13.2 Å². The smallest absolute Gasteiger partial charge is 0.337 e. The maximum absolute atomic E-state index is 12.8. The number of urea groups is 1. The van der Waals surface area contributed by atoms with Gasteiger partial charge in [0.15, 0.2) is 0 Å². The number of carbonyl (C=O) groups is 2. The Bertz CT molecular complexity index is 897. The molecule has 1 aliphatic heterocycles. The maximum Gasteiger partial charge on any atom is 0.337 e. The Kier molecular flexibility index (Phi) is 6.86. The average Bonchev–Trinajstić information content (AvgIpc) is 2.95. The number of hydrogen-bond donors (Lipinski definition) is 1. The van der Waals surface area contributed by atoms with Crippen molar-refractivity contribution in [1.82, 2.24) is 4.90 Å². The van der Waals surface area contributed by atoms with Crippen molar-refractivity contribution in [3.63, 3.8) is 0 Å². The van der Waals surface area contributed by atoms with Crippen molar-refractivity contribution in [2.24, 2.45) is 0 Å². The highest BCUT2D eigenvalue weighted by atomic mass is 16.5. The number of amides is 2. The second-order valence-corrected chi connectivity index (χ2v) is 6.52. The topological polar surface area (TPSA) is 77.1 Å². The summed E-state index contributed by atoms with van der Waals surface area (Å²) in [6, 6.07) is 12.2. The maximum atomic E-state index is 12.8. The molecule has 7 nitrogen and oxygen atoms in total. The number of esters is 1. The summed E-state index contributed by atoms with van der Waals surface area (Å²) in [7, 11) is 1.32. The third-order valence-electron chi connectivity index (χ3n) is 4.43. The van der Waals surface area contributed by atoms with Gasteiger partial charge in [-0.15, -0.1) is 6.58 Å². The van der Waals surface area contributed by atoms with Crippen molar-refractivity contribution in [3.05, 3.63) is 71.8 Å². The molecule has 29 heavy (non-hydrogen) atoms. The molecule has 0 aromatic heterocycles. The minimum absolute atomic E-state index is 0.267. The van der Waals surface area contributed by atoms with Crippen LogP contribution in [0.5, 0.6) is 5.75 Å². The van der Waals surface area contributed by atoms with Crippen LogP contribution in [0.25, 0.3) is 0 Å². The van der Waals surface area contributed by atoms with Crippen LogP contribution in [0.3, 0.4) is 0 Å². The Labute approximate surface area is 169 Å². The van der Waals surface area contributed by atoms with E-state index in [4.69, 9.17) is 14.2 Å². The van der Waals surface area contributed by atoms with Gasteiger partial charge in [0.1, 0.15) is 12.4 Å². The van der Waals surface area contributed by atoms with Gasteiger partial charge in [-0.25, -0.2) is 9.59 Å². The average molecular weight is 396 g/mol. The molecule has 0 saturated carbocycles. The molecule has 0 radical (unpaired) electrons. The van der Waals surface area contributed by atoms with E-state index in [9.17, 15) is 9.59 Å². The predicted octanol–water partition coefficient (Wildman–Crippen LogP) is 3.60. The van der Waals surface area contributed by atoms with Crippen molar-refractivity contribution in [2.75, 3.05) is 32.2 Å². The molecule has 0 unspecified atom stereocenters. The van der Waals surface area contributed by atoms with E-state index in [-0.39, 0.29) is 6.03 Å². The molecule has 2 aromatic carbocycles. The number of hydrogen-bond acceptors (Lipinski definition) is 5. The summed E-state index contributed by atoms with van der Waals surface area (Å²) in [5, 5.41) is 2.83. The van der Waals surface area contributed by atoms with E-state index < -0.39 is 5.97 Å². The lowest BCUT2D eigenvalue weighted by atomic mass is 10.1. The molecule has 152 valence electrons. The summed E-state index contributed by atoms with van der Waals surface area (Å²) < 4.78 is 16.0. The molecular weight excluding hydrogens is 372 g/mol. The van der Waals surface area contributed by atoms with Crippen LogP contribution >= 0.6 is 0 Å². The second-order valence-electron chi connectivity index (χ2n) is 6.52. The van der Waals surface area contributed by atoms with Crippen LogP contribution in [0, 0.1) is 0 Å². The first-order valence-corrected chi connectivity index (χ1v) is 9.28. The fourth-order valence-corrected chi connectivity index (χ4v) is 3.02. The van der Waals surface area contributed by atoms with Gasteiger partial charge in [-0.1, -0.05) is 18.2 Å². The summed E-state index contributed by atoms with van der Waals surface area (Å²) >= 11 is 0. The fraction of sp³-hybridized carbons (Fsp3) is 0.273. The van der Waals surface area contributed by atoms with Gasteiger partial charge in [-0.2, -0.15) is 0 Å². The number of anilines is 1. The van der Waals surface area contributed by atoms with Crippen molar-refractivity contribution in [3.8, 4) is 5.75 Å². The standard InChI is InChI=1S/C22H24N2O5/c1-3-10-28-15-16-7-8-20-18(12-16)14-24(9-11-29-20)22(26)23-19-6-4-5-17(13-19)21(25)27-2/h3-8,12-13H,1,9-11,14-15H2,2H3,(H,23,26). The Morgan fingerprint density at radius 1 is 1.28 bits per heavy atom. The van der Waals surface area contributed by atoms with E-state index in [0.29, 0.717) is 44.2 Å². The molecule has 7 heteroatoms. The van der Waals surface area contributed by atoms with E-state index in [1.807, 2.05) is 18.2 Å². The zero-order chi connectivity index (χ0) is 20.6. The zero-order valence-corrected chi connectivity index (χ0v) is 16.3. The Balaban J connectivity index is 1.70. The van der Waals surface area contributed by atoms with Gasteiger partial charge in [0.2, 0.25) is 0 Å². The Morgan fingerprint density at radius 3 is 2.93 bits per heavy atom. The Hall–Kier alpha value is -3.32. The number of ether oxygens (including phenoxy) is 3. The van der Waals surface area contributed by atoms with Gasteiger partial charge < -0.3 is 24.4 Å². The first-order chi connectivity index (χ1) is 14.1. The van der Waals surface area contributed by atoms with Crippen molar-refractivity contribution < 1.29 is 23.8 Å². The highest BCUT2D eigenvalue weighted by Gasteiger charge is 2.20. The molecule has 1 heterocycles. The predicted molar refractivity (Wildman–Crippen MR) is 109 cm³/mol. The van der Waals surface area contributed by atoms with Gasteiger partial charge in [0.05, 0.1) is 39.0 Å². The quantitative estimate of drug-likeness (QED) is 0.459. The summed E-state index contributed by atoms with van der Waals surface area (Å²) in [4.78, 5) is 26.1. The molecule has 2 aromatic rings. The largest absolute Gasteiger partial charge is 0.491 e. The lowest BCUT2D eigenvalue weighted by Gasteiger charge is -2.20. The number of nitrogens with zero attached hydrogens (tertiary/aromatic N) is 1. The van der Waals surface area contributed by atoms with Crippen LogP contribution in [0.1, 0.15) is 21.5 Å². The lowest BCUT2D eigenvalue weighted by Crippen LogP contribution is -2.36. The van der Waals surface area contributed by atoms with Gasteiger partial charge >= 0.3 is 12.0 Å². The molecule has 0 aliphatic carbocycles. The number of methoxy groups -OCH3 is 1. The summed E-state index contributed by atoms with van der Waals surface area (Å²) in [5.41, 5.74) is 2.82. The molecule has 2 amide bonds. The van der Waals surface area contributed by atoms with E-state index in [0.717, 1.165) is 16.9 Å². The molecule has 0 saturated heterocycles. The number of rotatable bonds is 6. The molecular formula is C22H24N2O5. The second kappa shape index (κ2) is 9.75. The van der Waals surface area contributed by atoms with Crippen LogP contribution in [-0.4, -0.2) is 43.8 Å². The molecule has 1 N–H and O–H groups in total. The summed E-state index contributed by atoms with van der Waals surface area (Å²) in [5.74, 6) is 0.310. The lowest BCUT2D eigenvalue weighted by molar-refractivity contribution is 0.0600. The van der Waals surface area contributed by atoms with Gasteiger partial charge in [0.25, 0.3) is 0 Å². The van der Waals surface area contributed by atoms with E-state index in [1.54, 1.807) is 35.2 Å². The van der Waals surface area contributed by atoms with E-state index in [2.05, 4.69) is 11.9 Å². The molecule has 0 fully saturated rings. The van der Waals surface area contributed by atoms with E-state index in [1.165, 1.54) is 7.11 Å². The van der Waals surface area contributed by atoms with Crippen LogP contribution in [0.15, 0.2) is 55.1 Å². The summed E-state index contributed by atoms with van der Waals surface area (Å²) in [6.07, 6.45) is 1.70. The minimum Gasteiger partial charge on any atom is -0.491 e. The Morgan fingerprint density at radius 2 is 2.14 bits per heavy atom. The number of benzene rings is 2. The van der Waals surface area contributed by atoms with Gasteiger partial charge in [-0.05, 0) is 35.9 Å².